The number of hydrogen-bond acceptors (Lipinski definition) is 6. The molecule has 0 aromatic heterocycles. The molecule has 0 saturated heterocycles. The highest BCUT2D eigenvalue weighted by Gasteiger charge is 2.42. The molecule has 27 heavy (non-hydrogen) atoms. The van der Waals surface area contributed by atoms with Gasteiger partial charge in [0.05, 0.1) is 18.0 Å². The molecule has 0 fully saturated rings. The first-order valence-corrected chi connectivity index (χ1v) is 8.64. The molecule has 7 heteroatoms. The Morgan fingerprint density at radius 1 is 1.22 bits per heavy atom. The third-order valence-corrected chi connectivity index (χ3v) is 4.73. The summed E-state index contributed by atoms with van der Waals surface area (Å²) in [6, 6.07) is 11.4. The van der Waals surface area contributed by atoms with Gasteiger partial charge in [-0.1, -0.05) is 18.2 Å². The second kappa shape index (κ2) is 7.28. The molecule has 0 aliphatic heterocycles. The van der Waals surface area contributed by atoms with Crippen LogP contribution in [0.4, 0.5) is 5.69 Å². The van der Waals surface area contributed by atoms with Gasteiger partial charge in [0.25, 0.3) is 5.69 Å². The second-order valence-corrected chi connectivity index (χ2v) is 6.52. The van der Waals surface area contributed by atoms with E-state index in [4.69, 9.17) is 4.74 Å². The van der Waals surface area contributed by atoms with E-state index in [1.165, 1.54) is 12.1 Å². The van der Waals surface area contributed by atoms with Crippen LogP contribution < -0.4 is 0 Å². The fourth-order valence-electron chi connectivity index (χ4n) is 3.30. The molecule has 0 saturated carbocycles. The summed E-state index contributed by atoms with van der Waals surface area (Å²) in [7, 11) is 0. The van der Waals surface area contributed by atoms with E-state index in [2.05, 4.69) is 0 Å². The van der Waals surface area contributed by atoms with Crippen LogP contribution in [-0.4, -0.2) is 34.0 Å². The van der Waals surface area contributed by atoms with Crippen LogP contribution in [0.1, 0.15) is 35.7 Å². The normalized spacial score (nSPS) is 18.7. The monoisotopic (exact) mass is 369 g/mol. The van der Waals surface area contributed by atoms with Crippen LogP contribution >= 0.6 is 0 Å². The Kier molecular flexibility index (Phi) is 5.05. The molecule has 0 heterocycles. The van der Waals surface area contributed by atoms with Gasteiger partial charge in [-0.25, -0.2) is 0 Å². The minimum absolute atomic E-state index is 0.0101. The van der Waals surface area contributed by atoms with Gasteiger partial charge >= 0.3 is 5.97 Å². The summed E-state index contributed by atoms with van der Waals surface area (Å²) >= 11 is 0. The number of Topliss-reactive ketones (excluding diaryl/α,β-unsaturated/α-hetero) is 1. The molecule has 1 aliphatic rings. The molecule has 2 aromatic rings. The molecule has 0 spiro atoms. The number of ether oxygens (including phenoxy) is 1. The summed E-state index contributed by atoms with van der Waals surface area (Å²) < 4.78 is 4.85. The van der Waals surface area contributed by atoms with Gasteiger partial charge in [-0.2, -0.15) is 0 Å². The average Bonchev–Trinajstić information content (AvgIpc) is 2.65. The molecule has 0 amide bonds. The number of nitro benzene ring substituents is 1. The van der Waals surface area contributed by atoms with Crippen molar-refractivity contribution in [2.24, 2.45) is 0 Å². The first kappa shape index (κ1) is 18.7. The summed E-state index contributed by atoms with van der Waals surface area (Å²) in [6.07, 6.45) is 0.225. The van der Waals surface area contributed by atoms with Crippen LogP contribution in [0.5, 0.6) is 0 Å². The number of rotatable bonds is 5. The summed E-state index contributed by atoms with van der Waals surface area (Å²) in [6.45, 7) is 1.86. The highest BCUT2D eigenvalue weighted by atomic mass is 16.6. The highest BCUT2D eigenvalue weighted by Crippen LogP contribution is 2.34. The lowest BCUT2D eigenvalue weighted by molar-refractivity contribution is -0.384. The molecule has 2 aromatic carbocycles. The zero-order valence-corrected chi connectivity index (χ0v) is 14.8. The van der Waals surface area contributed by atoms with E-state index in [-0.39, 0.29) is 25.1 Å². The molecule has 1 aliphatic carbocycles. The van der Waals surface area contributed by atoms with E-state index in [0.29, 0.717) is 12.0 Å². The lowest BCUT2D eigenvalue weighted by Gasteiger charge is -2.31. The maximum atomic E-state index is 12.7. The Labute approximate surface area is 155 Å². The number of aryl methyl sites for hydroxylation is 1. The summed E-state index contributed by atoms with van der Waals surface area (Å²) in [5, 5.41) is 21.4. The molecule has 140 valence electrons. The standard InChI is InChI=1S/C20H19NO6/c1-2-27-18(22)12-20(24)10-9-15-11-14(5-8-17(15)19(20)23)13-3-6-16(7-4-13)21(25)26/h3-8,11,24H,2,9-10,12H2,1H3. The van der Waals surface area contributed by atoms with E-state index in [1.54, 1.807) is 31.2 Å². The van der Waals surface area contributed by atoms with E-state index >= 15 is 0 Å². The lowest BCUT2D eigenvalue weighted by atomic mass is 9.77. The number of esters is 1. The van der Waals surface area contributed by atoms with Crippen molar-refractivity contribution < 1.29 is 24.4 Å². The Morgan fingerprint density at radius 3 is 2.52 bits per heavy atom. The number of benzene rings is 2. The average molecular weight is 369 g/mol. The Morgan fingerprint density at radius 2 is 1.89 bits per heavy atom. The molecule has 1 atom stereocenters. The van der Waals surface area contributed by atoms with Gasteiger partial charge in [-0.05, 0) is 48.6 Å². The number of carbonyl (C=O) groups excluding carboxylic acids is 2. The summed E-state index contributed by atoms with van der Waals surface area (Å²) in [4.78, 5) is 34.7. The van der Waals surface area contributed by atoms with Crippen molar-refractivity contribution in [1.82, 2.24) is 0 Å². The molecule has 1 unspecified atom stereocenters. The van der Waals surface area contributed by atoms with E-state index in [1.807, 2.05) is 6.07 Å². The van der Waals surface area contributed by atoms with Crippen molar-refractivity contribution in [3.05, 3.63) is 63.7 Å². The van der Waals surface area contributed by atoms with E-state index in [9.17, 15) is 24.8 Å². The van der Waals surface area contributed by atoms with Crippen LogP contribution in [0.3, 0.4) is 0 Å². The van der Waals surface area contributed by atoms with Crippen LogP contribution in [0.2, 0.25) is 0 Å². The first-order chi connectivity index (χ1) is 12.8. The van der Waals surface area contributed by atoms with Crippen LogP contribution in [0.25, 0.3) is 11.1 Å². The lowest BCUT2D eigenvalue weighted by Crippen LogP contribution is -2.44. The number of hydrogen-bond donors (Lipinski definition) is 1. The molecular weight excluding hydrogens is 350 g/mol. The van der Waals surface area contributed by atoms with Gasteiger partial charge in [0.1, 0.15) is 5.60 Å². The molecule has 3 rings (SSSR count). The quantitative estimate of drug-likeness (QED) is 0.493. The minimum atomic E-state index is -1.74. The maximum Gasteiger partial charge on any atom is 0.309 e. The predicted octanol–water partition coefficient (Wildman–Crippen LogP) is 3.08. The molecule has 0 bridgehead atoms. The van der Waals surface area contributed by atoms with Gasteiger partial charge in [-0.15, -0.1) is 0 Å². The van der Waals surface area contributed by atoms with Crippen LogP contribution in [0, 0.1) is 10.1 Å². The predicted molar refractivity (Wildman–Crippen MR) is 97.4 cm³/mol. The Bertz CT molecular complexity index is 905. The van der Waals surface area contributed by atoms with Crippen molar-refractivity contribution in [2.45, 2.75) is 31.8 Å². The van der Waals surface area contributed by atoms with Gasteiger partial charge in [0.15, 0.2) is 5.78 Å². The molecule has 7 nitrogen and oxygen atoms in total. The topological polar surface area (TPSA) is 107 Å². The maximum absolute atomic E-state index is 12.7. The number of nitrogens with zero attached hydrogens (tertiary/aromatic N) is 1. The minimum Gasteiger partial charge on any atom is -0.466 e. The third-order valence-electron chi connectivity index (χ3n) is 4.73. The number of fused-ring (bicyclic) bond motifs is 1. The SMILES string of the molecule is CCOC(=O)CC1(O)CCc2cc(-c3ccc([N+](=O)[O-])cc3)ccc2C1=O. The van der Waals surface area contributed by atoms with Crippen molar-refractivity contribution in [3.63, 3.8) is 0 Å². The number of carbonyl (C=O) groups is 2. The molecular formula is C20H19NO6. The van der Waals surface area contributed by atoms with Gasteiger partial charge in [0, 0.05) is 17.7 Å². The summed E-state index contributed by atoms with van der Waals surface area (Å²) in [5.74, 6) is -1.08. The highest BCUT2D eigenvalue weighted by molar-refractivity contribution is 6.06. The van der Waals surface area contributed by atoms with E-state index in [0.717, 1.165) is 16.7 Å². The largest absolute Gasteiger partial charge is 0.466 e. The zero-order chi connectivity index (χ0) is 19.6. The number of ketones is 1. The third kappa shape index (κ3) is 3.73. The smallest absolute Gasteiger partial charge is 0.309 e. The van der Waals surface area contributed by atoms with Crippen molar-refractivity contribution in [1.29, 1.82) is 0 Å². The van der Waals surface area contributed by atoms with Crippen molar-refractivity contribution in [2.75, 3.05) is 6.61 Å². The first-order valence-electron chi connectivity index (χ1n) is 8.64. The number of nitro groups is 1. The van der Waals surface area contributed by atoms with Crippen LogP contribution in [0.15, 0.2) is 42.5 Å². The van der Waals surface area contributed by atoms with Crippen LogP contribution in [-0.2, 0) is 16.0 Å². The molecule has 0 radical (unpaired) electrons. The zero-order valence-electron chi connectivity index (χ0n) is 14.8. The van der Waals surface area contributed by atoms with Gasteiger partial charge in [0.2, 0.25) is 0 Å². The van der Waals surface area contributed by atoms with Crippen molar-refractivity contribution in [3.8, 4) is 11.1 Å². The van der Waals surface area contributed by atoms with E-state index < -0.39 is 22.3 Å². The number of non-ortho nitro benzene ring substituents is 1. The second-order valence-electron chi connectivity index (χ2n) is 6.52. The fourth-order valence-corrected chi connectivity index (χ4v) is 3.30. The summed E-state index contributed by atoms with van der Waals surface area (Å²) in [5.41, 5.74) is 1.06. The number of aliphatic hydroxyl groups is 1. The Hall–Kier alpha value is -3.06. The van der Waals surface area contributed by atoms with Gasteiger partial charge in [-0.3, -0.25) is 19.7 Å². The van der Waals surface area contributed by atoms with Crippen molar-refractivity contribution >= 4 is 17.4 Å². The van der Waals surface area contributed by atoms with Gasteiger partial charge < -0.3 is 9.84 Å². The molecule has 1 N–H and O–H groups in total. The fraction of sp³-hybridized carbons (Fsp3) is 0.300. The Balaban J connectivity index is 1.86.